The number of benzene rings is 1. The molecule has 0 fully saturated rings. The Balaban J connectivity index is 2.70. The summed E-state index contributed by atoms with van der Waals surface area (Å²) in [4.78, 5) is 11.4. The third kappa shape index (κ3) is 5.86. The molecular weight excluding hydrogens is 296 g/mol. The molecule has 6 nitrogen and oxygen atoms in total. The Hall–Kier alpha value is -2.02. The lowest BCUT2D eigenvalue weighted by atomic mass is 10.2. The lowest BCUT2D eigenvalue weighted by molar-refractivity contribution is -0.128. The van der Waals surface area contributed by atoms with Gasteiger partial charge < -0.3 is 14.0 Å². The van der Waals surface area contributed by atoms with Gasteiger partial charge in [0.1, 0.15) is 0 Å². The third-order valence-electron chi connectivity index (χ3n) is 2.57. The van der Waals surface area contributed by atoms with Crippen molar-refractivity contribution in [3.63, 3.8) is 0 Å². The molecular formula is C14H18O6S. The molecule has 0 saturated heterocycles. The number of hydrogen-bond donors (Lipinski definition) is 1. The molecule has 0 aliphatic rings. The number of unbranched alkanes of at least 4 members (excludes halogenated alkanes) is 1. The minimum absolute atomic E-state index is 0.0284. The molecule has 116 valence electrons. The second kappa shape index (κ2) is 7.68. The monoisotopic (exact) mass is 314 g/mol. The molecule has 21 heavy (non-hydrogen) atoms. The summed E-state index contributed by atoms with van der Waals surface area (Å²) in [6.45, 7) is 1.84. The highest BCUT2D eigenvalue weighted by atomic mass is 32.2. The van der Waals surface area contributed by atoms with Gasteiger partial charge in [-0.3, -0.25) is 0 Å². The van der Waals surface area contributed by atoms with Crippen LogP contribution in [0, 0.1) is 0 Å². The van der Waals surface area contributed by atoms with Crippen molar-refractivity contribution < 1.29 is 27.2 Å². The molecule has 7 heteroatoms. The molecule has 0 saturated carbocycles. The Morgan fingerprint density at radius 3 is 2.71 bits per heavy atom. The average Bonchev–Trinajstić information content (AvgIpc) is 2.44. The van der Waals surface area contributed by atoms with E-state index in [1.807, 2.05) is 6.92 Å². The predicted octanol–water partition coefficient (Wildman–Crippen LogP) is 2.09. The second-order valence-corrected chi connectivity index (χ2v) is 5.97. The van der Waals surface area contributed by atoms with E-state index in [1.165, 1.54) is 25.3 Å². The maximum absolute atomic E-state index is 11.4. The molecule has 0 aliphatic carbocycles. The molecule has 0 heterocycles. The number of aromatic hydroxyl groups is 1. The maximum Gasteiger partial charge on any atom is 0.346 e. The molecule has 0 bridgehead atoms. The van der Waals surface area contributed by atoms with E-state index in [-0.39, 0.29) is 17.3 Å². The van der Waals surface area contributed by atoms with Crippen molar-refractivity contribution in [3.8, 4) is 11.5 Å². The molecule has 0 aliphatic heterocycles. The van der Waals surface area contributed by atoms with Gasteiger partial charge in [0.2, 0.25) is 0 Å². The predicted molar refractivity (Wildman–Crippen MR) is 78.5 cm³/mol. The normalized spacial score (nSPS) is 11.5. The highest BCUT2D eigenvalue weighted by molar-refractivity contribution is 7.87. The smallest absolute Gasteiger partial charge is 0.346 e. The molecule has 0 aromatic heterocycles. The molecule has 1 aromatic rings. The summed E-state index contributed by atoms with van der Waals surface area (Å²) in [6.07, 6.45) is 3.52. The van der Waals surface area contributed by atoms with Crippen LogP contribution in [0.1, 0.15) is 25.3 Å². The van der Waals surface area contributed by atoms with E-state index in [0.29, 0.717) is 18.4 Å². The molecule has 1 N–H and O–H groups in total. The van der Waals surface area contributed by atoms with E-state index >= 15 is 0 Å². The summed E-state index contributed by atoms with van der Waals surface area (Å²) in [7, 11) is -2.43. The highest BCUT2D eigenvalue weighted by Crippen LogP contribution is 2.26. The van der Waals surface area contributed by atoms with Crippen LogP contribution in [0.3, 0.4) is 0 Å². The zero-order chi connectivity index (χ0) is 15.9. The zero-order valence-corrected chi connectivity index (χ0v) is 12.7. The van der Waals surface area contributed by atoms with Crippen LogP contribution in [0.15, 0.2) is 24.3 Å². The summed E-state index contributed by atoms with van der Waals surface area (Å²) < 4.78 is 32.2. The topological polar surface area (TPSA) is 89.9 Å². The van der Waals surface area contributed by atoms with Crippen LogP contribution in [0.4, 0.5) is 0 Å². The average molecular weight is 314 g/mol. The van der Waals surface area contributed by atoms with Gasteiger partial charge in [0.15, 0.2) is 11.5 Å². The van der Waals surface area contributed by atoms with Crippen molar-refractivity contribution in [2.45, 2.75) is 19.8 Å². The molecule has 0 unspecified atom stereocenters. The first-order chi connectivity index (χ1) is 9.88. The van der Waals surface area contributed by atoms with Gasteiger partial charge in [-0.2, -0.15) is 8.42 Å². The number of hydrogen-bond acceptors (Lipinski definition) is 6. The molecule has 0 amide bonds. The number of ether oxygens (including phenoxy) is 1. The van der Waals surface area contributed by atoms with Crippen LogP contribution in [-0.2, 0) is 19.1 Å². The molecule has 0 spiro atoms. The summed E-state index contributed by atoms with van der Waals surface area (Å²) in [6, 6.07) is 4.46. The fraction of sp³-hybridized carbons (Fsp3) is 0.357. The van der Waals surface area contributed by atoms with Gasteiger partial charge in [-0.25, -0.2) is 4.79 Å². The van der Waals surface area contributed by atoms with E-state index in [2.05, 4.69) is 4.18 Å². The van der Waals surface area contributed by atoms with Crippen LogP contribution in [0.5, 0.6) is 11.5 Å². The zero-order valence-electron chi connectivity index (χ0n) is 11.9. The van der Waals surface area contributed by atoms with E-state index in [4.69, 9.17) is 4.74 Å². The van der Waals surface area contributed by atoms with Crippen LogP contribution in [-0.4, -0.2) is 32.4 Å². The Bertz CT molecular complexity index is 618. The largest absolute Gasteiger partial charge is 0.504 e. The van der Waals surface area contributed by atoms with Crippen molar-refractivity contribution >= 4 is 22.2 Å². The Morgan fingerprint density at radius 2 is 2.10 bits per heavy atom. The minimum atomic E-state index is -3.83. The Labute approximate surface area is 124 Å². The number of phenolic OH excluding ortho intramolecular Hbond substituents is 1. The molecule has 0 atom stereocenters. The van der Waals surface area contributed by atoms with Gasteiger partial charge in [-0.05, 0) is 30.2 Å². The van der Waals surface area contributed by atoms with Crippen molar-refractivity contribution in [1.29, 1.82) is 0 Å². The van der Waals surface area contributed by atoms with Crippen LogP contribution < -0.4 is 4.74 Å². The van der Waals surface area contributed by atoms with Crippen molar-refractivity contribution in [3.05, 3.63) is 29.8 Å². The van der Waals surface area contributed by atoms with Gasteiger partial charge in [-0.1, -0.05) is 19.4 Å². The van der Waals surface area contributed by atoms with E-state index in [1.54, 1.807) is 6.07 Å². The first kappa shape index (κ1) is 17.0. The number of rotatable bonds is 7. The van der Waals surface area contributed by atoms with Crippen molar-refractivity contribution in [2.75, 3.05) is 12.9 Å². The van der Waals surface area contributed by atoms with Gasteiger partial charge in [0.25, 0.3) is 0 Å². The number of phenols is 1. The lowest BCUT2D eigenvalue weighted by Crippen LogP contribution is -2.14. The molecule has 1 aromatic carbocycles. The maximum atomic E-state index is 11.4. The van der Waals surface area contributed by atoms with Crippen molar-refractivity contribution in [2.24, 2.45) is 0 Å². The summed E-state index contributed by atoms with van der Waals surface area (Å²) in [5.74, 6) is -0.922. The summed E-state index contributed by atoms with van der Waals surface area (Å²) >= 11 is 0. The highest BCUT2D eigenvalue weighted by Gasteiger charge is 2.14. The standard InChI is InChI=1S/C14H18O6S/c1-3-4-9-21(17,18)20-14(16)8-6-11-5-7-12(15)13(10-11)19-2/h5-8,10,15H,3-4,9H2,1-2H3. The van der Waals surface area contributed by atoms with E-state index in [0.717, 1.165) is 6.08 Å². The fourth-order valence-electron chi connectivity index (χ4n) is 1.48. The van der Waals surface area contributed by atoms with Crippen LogP contribution >= 0.6 is 0 Å². The van der Waals surface area contributed by atoms with Gasteiger partial charge >= 0.3 is 16.1 Å². The first-order valence-electron chi connectivity index (χ1n) is 6.39. The second-order valence-electron chi connectivity index (χ2n) is 4.28. The van der Waals surface area contributed by atoms with Gasteiger partial charge in [0.05, 0.1) is 12.9 Å². The fourth-order valence-corrected chi connectivity index (χ4v) is 2.51. The summed E-state index contributed by atoms with van der Waals surface area (Å²) in [5, 5.41) is 9.43. The number of methoxy groups -OCH3 is 1. The lowest BCUT2D eigenvalue weighted by Gasteiger charge is -2.04. The SMILES string of the molecule is CCCCS(=O)(=O)OC(=O)C=Cc1ccc(O)c(OC)c1. The van der Waals surface area contributed by atoms with Crippen LogP contribution in [0.2, 0.25) is 0 Å². The first-order valence-corrected chi connectivity index (χ1v) is 7.97. The third-order valence-corrected chi connectivity index (χ3v) is 3.78. The summed E-state index contributed by atoms with van der Waals surface area (Å²) in [5.41, 5.74) is 0.563. The van der Waals surface area contributed by atoms with Crippen molar-refractivity contribution in [1.82, 2.24) is 0 Å². The van der Waals surface area contributed by atoms with Gasteiger partial charge in [-0.15, -0.1) is 0 Å². The number of carbonyl (C=O) groups is 1. The van der Waals surface area contributed by atoms with E-state index in [9.17, 15) is 18.3 Å². The Morgan fingerprint density at radius 1 is 1.38 bits per heavy atom. The minimum Gasteiger partial charge on any atom is -0.504 e. The van der Waals surface area contributed by atoms with Crippen LogP contribution in [0.25, 0.3) is 6.08 Å². The molecule has 0 radical (unpaired) electrons. The van der Waals surface area contributed by atoms with E-state index < -0.39 is 16.1 Å². The molecule has 1 rings (SSSR count). The Kier molecular flexibility index (Phi) is 6.23. The number of carbonyl (C=O) groups excluding carboxylic acids is 1. The quantitative estimate of drug-likeness (QED) is 0.612. The van der Waals surface area contributed by atoms with Gasteiger partial charge in [0, 0.05) is 6.08 Å².